The maximum atomic E-state index is 10.8. The normalized spacial score (nSPS) is 11.9. The number of hydrogen-bond acceptors (Lipinski definition) is 2. The molecule has 0 spiro atoms. The molecular weight excluding hydrogens is 140 g/mol. The van der Waals surface area contributed by atoms with Gasteiger partial charge in [-0.1, -0.05) is 20.8 Å². The van der Waals surface area contributed by atoms with E-state index in [9.17, 15) is 4.79 Å². The first-order chi connectivity index (χ1) is 5.11. The van der Waals surface area contributed by atoms with Crippen molar-refractivity contribution < 1.29 is 9.53 Å². The third-order valence-corrected chi connectivity index (χ3v) is 1.37. The fourth-order valence-electron chi connectivity index (χ4n) is 0.714. The van der Waals surface area contributed by atoms with Crippen molar-refractivity contribution in [1.29, 1.82) is 0 Å². The van der Waals surface area contributed by atoms with Crippen LogP contribution < -0.4 is 0 Å². The summed E-state index contributed by atoms with van der Waals surface area (Å²) in [5, 5.41) is 0. The Hall–Kier alpha value is -0.790. The highest BCUT2D eigenvalue weighted by Crippen LogP contribution is 2.11. The van der Waals surface area contributed by atoms with Crippen molar-refractivity contribution in [3.63, 3.8) is 0 Å². The average molecular weight is 156 g/mol. The Bertz CT molecular complexity index is 157. The first-order valence-electron chi connectivity index (χ1n) is 3.98. The lowest BCUT2D eigenvalue weighted by atomic mass is 10.2. The Labute approximate surface area is 68.2 Å². The maximum absolute atomic E-state index is 10.8. The van der Waals surface area contributed by atoms with Crippen molar-refractivity contribution in [3.05, 3.63) is 11.8 Å². The van der Waals surface area contributed by atoms with Crippen LogP contribution in [-0.2, 0) is 9.53 Å². The molecule has 0 rings (SSSR count). The summed E-state index contributed by atoms with van der Waals surface area (Å²) in [6, 6.07) is 0. The van der Waals surface area contributed by atoms with Crippen LogP contribution in [0.3, 0.4) is 0 Å². The molecule has 0 radical (unpaired) electrons. The monoisotopic (exact) mass is 156 g/mol. The van der Waals surface area contributed by atoms with Crippen LogP contribution >= 0.6 is 0 Å². The third-order valence-electron chi connectivity index (χ3n) is 1.37. The minimum Gasteiger partial charge on any atom is -0.431 e. The molecule has 0 aromatic carbocycles. The van der Waals surface area contributed by atoms with E-state index in [4.69, 9.17) is 4.74 Å². The van der Waals surface area contributed by atoms with Crippen molar-refractivity contribution in [2.24, 2.45) is 5.92 Å². The van der Waals surface area contributed by atoms with Crippen LogP contribution in [0.25, 0.3) is 0 Å². The van der Waals surface area contributed by atoms with E-state index >= 15 is 0 Å². The molecule has 0 saturated carbocycles. The smallest absolute Gasteiger partial charge is 0.310 e. The minimum absolute atomic E-state index is 0.160. The highest BCUT2D eigenvalue weighted by molar-refractivity contribution is 5.70. The summed E-state index contributed by atoms with van der Waals surface area (Å²) in [6.45, 7) is 7.66. The van der Waals surface area contributed by atoms with Crippen molar-refractivity contribution in [2.75, 3.05) is 0 Å². The van der Waals surface area contributed by atoms with Gasteiger partial charge in [0.2, 0.25) is 0 Å². The molecule has 0 aromatic heterocycles. The molecule has 0 aliphatic carbocycles. The molecule has 0 saturated heterocycles. The predicted molar refractivity (Wildman–Crippen MR) is 45.0 cm³/mol. The number of ether oxygens (including phenoxy) is 1. The first kappa shape index (κ1) is 10.2. The topological polar surface area (TPSA) is 26.3 Å². The van der Waals surface area contributed by atoms with Gasteiger partial charge in [0.05, 0.1) is 0 Å². The Morgan fingerprint density at radius 2 is 2.09 bits per heavy atom. The van der Waals surface area contributed by atoms with Crippen molar-refractivity contribution >= 4 is 5.97 Å². The summed E-state index contributed by atoms with van der Waals surface area (Å²) in [5.74, 6) is 0.888. The van der Waals surface area contributed by atoms with E-state index in [2.05, 4.69) is 0 Å². The number of esters is 1. The Kier molecular flexibility index (Phi) is 4.59. The molecule has 0 bridgehead atoms. The van der Waals surface area contributed by atoms with E-state index < -0.39 is 0 Å². The van der Waals surface area contributed by atoms with Gasteiger partial charge in [0.1, 0.15) is 5.76 Å². The zero-order valence-electron chi connectivity index (χ0n) is 7.68. The molecule has 2 heteroatoms. The van der Waals surface area contributed by atoms with Crippen LogP contribution in [0.15, 0.2) is 11.8 Å². The fraction of sp³-hybridized carbons (Fsp3) is 0.667. The second-order valence-corrected chi connectivity index (χ2v) is 2.67. The molecule has 0 heterocycles. The van der Waals surface area contributed by atoms with Gasteiger partial charge >= 0.3 is 5.97 Å². The van der Waals surface area contributed by atoms with Gasteiger partial charge in [-0.2, -0.15) is 0 Å². The Morgan fingerprint density at radius 1 is 1.55 bits per heavy atom. The van der Waals surface area contributed by atoms with Crippen molar-refractivity contribution in [2.45, 2.75) is 34.1 Å². The summed E-state index contributed by atoms with van der Waals surface area (Å²) >= 11 is 0. The van der Waals surface area contributed by atoms with Crippen LogP contribution in [-0.4, -0.2) is 5.97 Å². The molecule has 0 unspecified atom stereocenters. The highest BCUT2D eigenvalue weighted by atomic mass is 16.5. The molecule has 0 aliphatic rings. The highest BCUT2D eigenvalue weighted by Gasteiger charge is 2.06. The van der Waals surface area contributed by atoms with Crippen LogP contribution in [0.2, 0.25) is 0 Å². The minimum atomic E-state index is -0.160. The summed E-state index contributed by atoms with van der Waals surface area (Å²) in [6.07, 6.45) is 2.27. The molecule has 0 aliphatic heterocycles. The van der Waals surface area contributed by atoms with E-state index in [1.165, 1.54) is 0 Å². The number of allylic oxidation sites excluding steroid dienone is 2. The molecule has 0 aromatic rings. The molecule has 2 nitrogen and oxygen atoms in total. The van der Waals surface area contributed by atoms with Gasteiger partial charge in [-0.25, -0.2) is 0 Å². The van der Waals surface area contributed by atoms with Gasteiger partial charge in [-0.15, -0.1) is 0 Å². The summed E-state index contributed by atoms with van der Waals surface area (Å²) in [7, 11) is 0. The van der Waals surface area contributed by atoms with Crippen LogP contribution in [0.4, 0.5) is 0 Å². The summed E-state index contributed by atoms with van der Waals surface area (Å²) < 4.78 is 5.03. The molecule has 0 fully saturated rings. The van der Waals surface area contributed by atoms with E-state index in [0.717, 1.165) is 5.76 Å². The second kappa shape index (κ2) is 4.94. The zero-order chi connectivity index (χ0) is 8.85. The van der Waals surface area contributed by atoms with E-state index in [-0.39, 0.29) is 11.9 Å². The maximum Gasteiger partial charge on any atom is 0.310 e. The van der Waals surface area contributed by atoms with Crippen molar-refractivity contribution in [3.8, 4) is 0 Å². The molecule has 64 valence electrons. The van der Waals surface area contributed by atoms with Gasteiger partial charge in [0, 0.05) is 12.3 Å². The number of carbonyl (C=O) groups is 1. The first-order valence-corrected chi connectivity index (χ1v) is 3.98. The number of hydrogen-bond donors (Lipinski definition) is 0. The third kappa shape index (κ3) is 3.81. The molecule has 0 amide bonds. The number of rotatable bonds is 3. The van der Waals surface area contributed by atoms with Crippen LogP contribution in [0.1, 0.15) is 34.1 Å². The standard InChI is InChI=1S/C9H16O2/c1-5-8(7(3)4)11-9(10)6-2/h5,7H,6H2,1-4H3. The Balaban J connectivity index is 4.00. The summed E-state index contributed by atoms with van der Waals surface area (Å²) in [4.78, 5) is 10.8. The van der Waals surface area contributed by atoms with Gasteiger partial charge in [0.25, 0.3) is 0 Å². The SMILES string of the molecule is CC=C(OC(=O)CC)C(C)C. The van der Waals surface area contributed by atoms with Gasteiger partial charge in [0.15, 0.2) is 0 Å². The lowest BCUT2D eigenvalue weighted by Crippen LogP contribution is -2.06. The lowest BCUT2D eigenvalue weighted by molar-refractivity contribution is -0.139. The van der Waals surface area contributed by atoms with Crippen molar-refractivity contribution in [1.82, 2.24) is 0 Å². The van der Waals surface area contributed by atoms with E-state index in [1.807, 2.05) is 26.8 Å². The molecule has 0 atom stereocenters. The zero-order valence-corrected chi connectivity index (χ0v) is 7.68. The van der Waals surface area contributed by atoms with E-state index in [0.29, 0.717) is 6.42 Å². The van der Waals surface area contributed by atoms with Crippen LogP contribution in [0.5, 0.6) is 0 Å². The average Bonchev–Trinajstić information content (AvgIpc) is 1.99. The quantitative estimate of drug-likeness (QED) is 0.463. The van der Waals surface area contributed by atoms with Gasteiger partial charge in [-0.05, 0) is 13.0 Å². The Morgan fingerprint density at radius 3 is 2.36 bits per heavy atom. The predicted octanol–water partition coefficient (Wildman–Crippen LogP) is 2.50. The van der Waals surface area contributed by atoms with Crippen LogP contribution in [0, 0.1) is 5.92 Å². The van der Waals surface area contributed by atoms with E-state index in [1.54, 1.807) is 6.92 Å². The fourth-order valence-corrected chi connectivity index (χ4v) is 0.714. The number of carbonyl (C=O) groups excluding carboxylic acids is 1. The lowest BCUT2D eigenvalue weighted by Gasteiger charge is -2.09. The largest absolute Gasteiger partial charge is 0.431 e. The molecule has 0 N–H and O–H groups in total. The van der Waals surface area contributed by atoms with Gasteiger partial charge < -0.3 is 4.74 Å². The molecule has 11 heavy (non-hydrogen) atoms. The van der Waals surface area contributed by atoms with Gasteiger partial charge in [-0.3, -0.25) is 4.79 Å². The summed E-state index contributed by atoms with van der Waals surface area (Å²) in [5.41, 5.74) is 0. The second-order valence-electron chi connectivity index (χ2n) is 2.67. The molecular formula is C9H16O2.